The van der Waals surface area contributed by atoms with Crippen LogP contribution in [0.2, 0.25) is 0 Å². The quantitative estimate of drug-likeness (QED) is 0.312. The molecule has 124 valence electrons. The summed E-state index contributed by atoms with van der Waals surface area (Å²) in [5.74, 6) is -1.05. The molecule has 0 unspecified atom stereocenters. The lowest BCUT2D eigenvalue weighted by molar-refractivity contribution is -0.174. The Balaban J connectivity index is 4.90. The highest BCUT2D eigenvalue weighted by Gasteiger charge is 2.47. The van der Waals surface area contributed by atoms with Gasteiger partial charge in [-0.3, -0.25) is 9.59 Å². The van der Waals surface area contributed by atoms with E-state index in [1.165, 1.54) is 0 Å². The normalized spacial score (nSPS) is 11.2. The molecular formula is C15H28O6. The summed E-state index contributed by atoms with van der Waals surface area (Å²) in [6, 6.07) is 0. The van der Waals surface area contributed by atoms with Gasteiger partial charge in [0.05, 0.1) is 26.4 Å². The molecule has 0 heterocycles. The van der Waals surface area contributed by atoms with E-state index in [4.69, 9.17) is 18.9 Å². The number of carbonyl (C=O) groups excluding carboxylic acids is 2. The summed E-state index contributed by atoms with van der Waals surface area (Å²) in [6.07, 6.45) is 1.32. The Morgan fingerprint density at radius 3 is 1.86 bits per heavy atom. The average Bonchev–Trinajstić information content (AvgIpc) is 2.46. The van der Waals surface area contributed by atoms with E-state index in [9.17, 15) is 9.59 Å². The van der Waals surface area contributed by atoms with Crippen molar-refractivity contribution in [1.82, 2.24) is 0 Å². The van der Waals surface area contributed by atoms with Crippen LogP contribution in [0.5, 0.6) is 0 Å². The second-order valence-electron chi connectivity index (χ2n) is 4.63. The van der Waals surface area contributed by atoms with Crippen LogP contribution in [0.15, 0.2) is 0 Å². The molecule has 0 rings (SSSR count). The van der Waals surface area contributed by atoms with Crippen molar-refractivity contribution in [3.8, 4) is 0 Å². The van der Waals surface area contributed by atoms with E-state index in [0.29, 0.717) is 26.1 Å². The van der Waals surface area contributed by atoms with E-state index in [1.54, 1.807) is 21.0 Å². The maximum absolute atomic E-state index is 12.3. The first-order valence-electron chi connectivity index (χ1n) is 7.50. The Labute approximate surface area is 127 Å². The minimum Gasteiger partial charge on any atom is -0.465 e. The summed E-state index contributed by atoms with van der Waals surface area (Å²) in [7, 11) is 1.59. The standard InChI is InChI=1S/C15H28O6/c1-5-8-15(13(16)20-6-2,14(17)21-7-3)9-10-19-12-11-18-4/h5-12H2,1-4H3. The van der Waals surface area contributed by atoms with Gasteiger partial charge in [-0.1, -0.05) is 13.3 Å². The van der Waals surface area contributed by atoms with Gasteiger partial charge in [0.25, 0.3) is 0 Å². The Bertz CT molecular complexity index is 285. The van der Waals surface area contributed by atoms with Crippen LogP contribution in [0.4, 0.5) is 0 Å². The van der Waals surface area contributed by atoms with Crippen LogP contribution in [0, 0.1) is 5.41 Å². The first kappa shape index (κ1) is 19.9. The Kier molecular flexibility index (Phi) is 10.9. The van der Waals surface area contributed by atoms with E-state index in [1.807, 2.05) is 6.92 Å². The minimum atomic E-state index is -1.27. The lowest BCUT2D eigenvalue weighted by Crippen LogP contribution is -2.43. The van der Waals surface area contributed by atoms with Crippen molar-refractivity contribution in [3.05, 3.63) is 0 Å². The average molecular weight is 304 g/mol. The SMILES string of the molecule is CCCC(CCOCCOC)(C(=O)OCC)C(=O)OCC. The van der Waals surface area contributed by atoms with Crippen molar-refractivity contribution in [2.24, 2.45) is 5.41 Å². The van der Waals surface area contributed by atoms with Crippen molar-refractivity contribution in [3.63, 3.8) is 0 Å². The third-order valence-electron chi connectivity index (χ3n) is 3.11. The fraction of sp³-hybridized carbons (Fsp3) is 0.867. The second-order valence-corrected chi connectivity index (χ2v) is 4.63. The molecule has 0 bridgehead atoms. The molecule has 0 saturated carbocycles. The molecule has 0 amide bonds. The molecule has 0 aliphatic rings. The molecule has 6 heteroatoms. The van der Waals surface area contributed by atoms with Crippen molar-refractivity contribution in [2.45, 2.75) is 40.0 Å². The highest BCUT2D eigenvalue weighted by molar-refractivity contribution is 6.00. The fourth-order valence-electron chi connectivity index (χ4n) is 2.07. The fourth-order valence-corrected chi connectivity index (χ4v) is 2.07. The number of rotatable bonds is 12. The van der Waals surface area contributed by atoms with Gasteiger partial charge in [-0.15, -0.1) is 0 Å². The topological polar surface area (TPSA) is 71.1 Å². The first-order chi connectivity index (χ1) is 10.1. The third-order valence-corrected chi connectivity index (χ3v) is 3.11. The summed E-state index contributed by atoms with van der Waals surface area (Å²) in [5, 5.41) is 0. The number of esters is 2. The van der Waals surface area contributed by atoms with Crippen molar-refractivity contribution in [2.75, 3.05) is 40.1 Å². The predicted octanol–water partition coefficient (Wildman–Crippen LogP) is 1.95. The zero-order chi connectivity index (χ0) is 16.1. The molecule has 0 aromatic rings. The monoisotopic (exact) mass is 304 g/mol. The van der Waals surface area contributed by atoms with E-state index in [0.717, 1.165) is 0 Å². The van der Waals surface area contributed by atoms with E-state index >= 15 is 0 Å². The highest BCUT2D eigenvalue weighted by atomic mass is 16.6. The van der Waals surface area contributed by atoms with Gasteiger partial charge >= 0.3 is 11.9 Å². The summed E-state index contributed by atoms with van der Waals surface area (Å²) >= 11 is 0. The lowest BCUT2D eigenvalue weighted by Gasteiger charge is -2.28. The Hall–Kier alpha value is -1.14. The molecule has 0 aliphatic heterocycles. The van der Waals surface area contributed by atoms with Crippen LogP contribution in [-0.2, 0) is 28.5 Å². The van der Waals surface area contributed by atoms with Crippen molar-refractivity contribution >= 4 is 11.9 Å². The van der Waals surface area contributed by atoms with Gasteiger partial charge in [0, 0.05) is 13.7 Å². The van der Waals surface area contributed by atoms with Crippen LogP contribution in [0.1, 0.15) is 40.0 Å². The molecular weight excluding hydrogens is 276 g/mol. The molecule has 6 nitrogen and oxygen atoms in total. The van der Waals surface area contributed by atoms with Gasteiger partial charge in [-0.25, -0.2) is 0 Å². The Morgan fingerprint density at radius 1 is 0.857 bits per heavy atom. The van der Waals surface area contributed by atoms with Gasteiger partial charge in [0.1, 0.15) is 0 Å². The molecule has 0 atom stereocenters. The summed E-state index contributed by atoms with van der Waals surface area (Å²) in [4.78, 5) is 24.6. The molecule has 0 radical (unpaired) electrons. The van der Waals surface area contributed by atoms with E-state index in [2.05, 4.69) is 0 Å². The second kappa shape index (κ2) is 11.5. The Morgan fingerprint density at radius 2 is 1.43 bits per heavy atom. The van der Waals surface area contributed by atoms with Crippen molar-refractivity contribution < 1.29 is 28.5 Å². The molecule has 0 aromatic carbocycles. The maximum Gasteiger partial charge on any atom is 0.323 e. The van der Waals surface area contributed by atoms with E-state index in [-0.39, 0.29) is 26.2 Å². The number of carbonyl (C=O) groups is 2. The highest BCUT2D eigenvalue weighted by Crippen LogP contribution is 2.32. The zero-order valence-corrected chi connectivity index (χ0v) is 13.6. The number of ether oxygens (including phenoxy) is 4. The van der Waals surface area contributed by atoms with Crippen LogP contribution in [0.25, 0.3) is 0 Å². The number of hydrogen-bond acceptors (Lipinski definition) is 6. The molecule has 0 fully saturated rings. The first-order valence-corrected chi connectivity index (χ1v) is 7.50. The summed E-state index contributed by atoms with van der Waals surface area (Å²) < 4.78 is 20.4. The molecule has 21 heavy (non-hydrogen) atoms. The van der Waals surface area contributed by atoms with Gasteiger partial charge < -0.3 is 18.9 Å². The van der Waals surface area contributed by atoms with Crippen LogP contribution >= 0.6 is 0 Å². The summed E-state index contributed by atoms with van der Waals surface area (Å²) in [5.41, 5.74) is -1.27. The van der Waals surface area contributed by atoms with Gasteiger partial charge in [0.2, 0.25) is 0 Å². The molecule has 0 N–H and O–H groups in total. The van der Waals surface area contributed by atoms with Crippen LogP contribution in [0.3, 0.4) is 0 Å². The molecule has 0 spiro atoms. The van der Waals surface area contributed by atoms with E-state index < -0.39 is 17.4 Å². The third kappa shape index (κ3) is 6.44. The van der Waals surface area contributed by atoms with Gasteiger partial charge in [0.15, 0.2) is 5.41 Å². The van der Waals surface area contributed by atoms with Crippen molar-refractivity contribution in [1.29, 1.82) is 0 Å². The molecule has 0 aromatic heterocycles. The lowest BCUT2D eigenvalue weighted by atomic mass is 9.80. The minimum absolute atomic E-state index is 0.230. The largest absolute Gasteiger partial charge is 0.465 e. The zero-order valence-electron chi connectivity index (χ0n) is 13.6. The summed E-state index contributed by atoms with van der Waals surface area (Å²) in [6.45, 7) is 6.98. The molecule has 0 aliphatic carbocycles. The maximum atomic E-state index is 12.3. The van der Waals surface area contributed by atoms with Gasteiger partial charge in [-0.2, -0.15) is 0 Å². The van der Waals surface area contributed by atoms with Crippen LogP contribution < -0.4 is 0 Å². The number of methoxy groups -OCH3 is 1. The molecule has 0 saturated heterocycles. The number of hydrogen-bond donors (Lipinski definition) is 0. The predicted molar refractivity (Wildman–Crippen MR) is 77.9 cm³/mol. The van der Waals surface area contributed by atoms with Gasteiger partial charge in [-0.05, 0) is 26.7 Å². The van der Waals surface area contributed by atoms with Crippen LogP contribution in [-0.4, -0.2) is 52.1 Å². The smallest absolute Gasteiger partial charge is 0.323 e.